The van der Waals surface area contributed by atoms with Crippen LogP contribution in [0.3, 0.4) is 0 Å². The second kappa shape index (κ2) is 25.4. The van der Waals surface area contributed by atoms with E-state index in [1.165, 1.54) is 31.5 Å². The third-order valence-corrected chi connectivity index (χ3v) is 13.0. The number of nitrogens with one attached hydrogen (secondary N) is 7. The topological polar surface area (TPSA) is 320 Å². The number of unbranched alkanes of at least 4 members (excludes halogenated alkanes) is 1. The smallest absolute Gasteiger partial charge is 0.305 e. The number of aromatic nitrogens is 3. The minimum absolute atomic E-state index is 0.0206. The predicted molar refractivity (Wildman–Crippen MR) is 261 cm³/mol. The first-order valence-corrected chi connectivity index (χ1v) is 24.3. The summed E-state index contributed by atoms with van der Waals surface area (Å²) in [4.78, 5) is 139. The molecular weight excluding hydrogens is 931 g/mol. The molecule has 7 atom stereocenters. The Morgan fingerprint density at radius 1 is 0.861 bits per heavy atom. The lowest BCUT2D eigenvalue weighted by atomic mass is 9.98. The molecule has 0 radical (unpaired) electrons. The molecule has 8 amide bonds. The molecule has 2 aromatic heterocycles. The maximum Gasteiger partial charge on any atom is 0.305 e. The van der Waals surface area contributed by atoms with Gasteiger partial charge in [-0.3, -0.25) is 43.2 Å². The number of carbonyl (C=O) groups excluding carboxylic acids is 8. The lowest BCUT2D eigenvalue weighted by Gasteiger charge is -2.38. The van der Waals surface area contributed by atoms with E-state index >= 15 is 0 Å². The highest BCUT2D eigenvalue weighted by molar-refractivity contribution is 6.00. The Labute approximate surface area is 416 Å². The average molecular weight is 996 g/mol. The van der Waals surface area contributed by atoms with Crippen LogP contribution in [0.25, 0.3) is 10.9 Å². The Kier molecular flexibility index (Phi) is 18.9. The predicted octanol–water partition coefficient (Wildman–Crippen LogP) is 0.894. The summed E-state index contributed by atoms with van der Waals surface area (Å²) in [6.07, 6.45) is 5.00. The first kappa shape index (κ1) is 53.6. The highest BCUT2D eigenvalue weighted by atomic mass is 16.5. The number of fused-ring (bicyclic) bond motifs is 2. The number of benzene rings is 2. The van der Waals surface area contributed by atoms with Gasteiger partial charge in [-0.1, -0.05) is 50.1 Å². The van der Waals surface area contributed by atoms with Crippen molar-refractivity contribution in [3.8, 4) is 5.75 Å². The molecule has 0 unspecified atom stereocenters. The number of aromatic amines is 2. The molecule has 6 rings (SSSR count). The molecule has 4 heterocycles. The Morgan fingerprint density at radius 2 is 1.58 bits per heavy atom. The summed E-state index contributed by atoms with van der Waals surface area (Å²) < 4.78 is 5.33. The maximum atomic E-state index is 14.9. The number of H-pyrrole nitrogens is 2. The summed E-state index contributed by atoms with van der Waals surface area (Å²) >= 11 is 0. The van der Waals surface area contributed by atoms with Crippen molar-refractivity contribution in [2.75, 3.05) is 20.2 Å². The summed E-state index contributed by atoms with van der Waals surface area (Å²) in [7, 11) is 1.49. The van der Waals surface area contributed by atoms with Gasteiger partial charge in [0.2, 0.25) is 47.3 Å². The van der Waals surface area contributed by atoms with E-state index in [9.17, 15) is 48.3 Å². The monoisotopic (exact) mass is 995 g/mol. The minimum Gasteiger partial charge on any atom is -0.497 e. The number of amides is 8. The van der Waals surface area contributed by atoms with Crippen molar-refractivity contribution in [2.24, 2.45) is 5.73 Å². The Bertz CT molecular complexity index is 2570. The second-order valence-corrected chi connectivity index (χ2v) is 18.2. The Balaban J connectivity index is 1.45. The molecule has 0 saturated carbocycles. The Hall–Kier alpha value is -7.78. The first-order chi connectivity index (χ1) is 34.6. The normalized spacial score (nSPS) is 22.3. The molecule has 10 N–H and O–H groups in total. The molecule has 2 aromatic carbocycles. The van der Waals surface area contributed by atoms with Crippen LogP contribution >= 0.6 is 0 Å². The van der Waals surface area contributed by atoms with Gasteiger partial charge in [0, 0.05) is 68.3 Å². The molecule has 2 aliphatic rings. The maximum absolute atomic E-state index is 14.9. The van der Waals surface area contributed by atoms with E-state index in [2.05, 4.69) is 41.5 Å². The van der Waals surface area contributed by atoms with Crippen molar-refractivity contribution in [3.05, 3.63) is 84.1 Å². The molecular formula is C50H65N11O11. The van der Waals surface area contributed by atoms with Crippen LogP contribution in [0.5, 0.6) is 5.75 Å². The van der Waals surface area contributed by atoms with Gasteiger partial charge < -0.3 is 61.9 Å². The lowest BCUT2D eigenvalue weighted by molar-refractivity contribution is -0.154. The van der Waals surface area contributed by atoms with Gasteiger partial charge in [-0.15, -0.1) is 0 Å². The fourth-order valence-corrected chi connectivity index (χ4v) is 9.38. The van der Waals surface area contributed by atoms with E-state index < -0.39 is 102 Å². The SMILES string of the molecule is CCCC[C@H](NC(C)=O)C(=O)N1[C@H](C(N)=O)CCCCNC(=O)[C@H](Cc2c[nH]c3ccccc23)NC(=O)[C@@H]2CCCN2C(=O)[C@H](Cc2ccc(OC)cc2)NC(=O)[C@H](Cc2cnc[nH]2)NC(=O)[C@@H]1CC(=O)O. The van der Waals surface area contributed by atoms with Crippen LogP contribution in [0.1, 0.15) is 88.5 Å². The largest absolute Gasteiger partial charge is 0.497 e. The van der Waals surface area contributed by atoms with Gasteiger partial charge in [-0.2, -0.15) is 0 Å². The van der Waals surface area contributed by atoms with E-state index in [1.807, 2.05) is 31.2 Å². The molecule has 22 heteroatoms. The lowest BCUT2D eigenvalue weighted by Crippen LogP contribution is -2.64. The number of rotatable bonds is 15. The summed E-state index contributed by atoms with van der Waals surface area (Å²) in [5, 5.41) is 24.9. The van der Waals surface area contributed by atoms with Crippen molar-refractivity contribution in [3.63, 3.8) is 0 Å². The van der Waals surface area contributed by atoms with Crippen LogP contribution in [0, 0.1) is 0 Å². The third-order valence-electron chi connectivity index (χ3n) is 13.0. The number of carboxylic acids is 1. The van der Waals surface area contributed by atoms with Gasteiger partial charge in [0.15, 0.2) is 0 Å². The van der Waals surface area contributed by atoms with Crippen molar-refractivity contribution in [2.45, 2.75) is 133 Å². The summed E-state index contributed by atoms with van der Waals surface area (Å²) in [5.74, 6) is -7.46. The zero-order chi connectivity index (χ0) is 51.9. The van der Waals surface area contributed by atoms with Crippen LogP contribution in [-0.4, -0.2) is 146 Å². The molecule has 0 bridgehead atoms. The fourth-order valence-electron chi connectivity index (χ4n) is 9.38. The van der Waals surface area contributed by atoms with Crippen LogP contribution in [0.2, 0.25) is 0 Å². The van der Waals surface area contributed by atoms with E-state index in [4.69, 9.17) is 10.5 Å². The van der Waals surface area contributed by atoms with E-state index in [0.29, 0.717) is 36.3 Å². The van der Waals surface area contributed by atoms with Gasteiger partial charge in [0.1, 0.15) is 48.0 Å². The van der Waals surface area contributed by atoms with Gasteiger partial charge >= 0.3 is 5.97 Å². The first-order valence-electron chi connectivity index (χ1n) is 24.3. The number of hydrogen-bond donors (Lipinski definition) is 9. The number of primary amides is 1. The standard InChI is InChI=1S/C50H65N11O11/c1-4-5-12-36(56-29(2)62)50(71)61-40(44(51)65)14-8-9-20-53-45(66)37(23-31-26-54-35-13-7-6-11-34(31)35)57-47(68)41-15-10-21-60(41)49(70)39(22-30-16-18-33(72-3)19-17-30)59-46(67)38(24-32-27-52-28-55-32)58-48(69)42(61)25-43(63)64/h6-7,11,13,16-19,26-28,36-42,54H,4-5,8-10,12,14-15,20-25H2,1-3H3,(H2,51,65)(H,52,55)(H,53,66)(H,56,62)(H,57,68)(H,58,69)(H,59,67)(H,63,64)/t36-,37-,38-,39-,40-,41-,42-/m0/s1. The van der Waals surface area contributed by atoms with Gasteiger partial charge in [0.05, 0.1) is 19.9 Å². The zero-order valence-electron chi connectivity index (χ0n) is 40.7. The number of methoxy groups -OCH3 is 1. The van der Waals surface area contributed by atoms with Crippen LogP contribution in [-0.2, 0) is 62.4 Å². The number of para-hydroxylation sites is 1. The summed E-state index contributed by atoms with van der Waals surface area (Å²) in [5.41, 5.74) is 8.52. The number of aliphatic carboxylic acids is 1. The molecule has 0 aliphatic carbocycles. The molecule has 72 heavy (non-hydrogen) atoms. The van der Waals surface area contributed by atoms with E-state index in [1.54, 1.807) is 30.5 Å². The quantitative estimate of drug-likeness (QED) is 0.0803. The van der Waals surface area contributed by atoms with Crippen LogP contribution in [0.4, 0.5) is 0 Å². The number of ether oxygens (including phenoxy) is 1. The van der Waals surface area contributed by atoms with Crippen molar-refractivity contribution >= 4 is 64.1 Å². The minimum atomic E-state index is -1.97. The number of imidazole rings is 1. The summed E-state index contributed by atoms with van der Waals surface area (Å²) in [6, 6.07) is 4.25. The third kappa shape index (κ3) is 14.0. The van der Waals surface area contributed by atoms with Gasteiger partial charge in [0.25, 0.3) is 0 Å². The van der Waals surface area contributed by atoms with Gasteiger partial charge in [-0.05, 0) is 67.9 Å². The van der Waals surface area contributed by atoms with Crippen LogP contribution in [0.15, 0.2) is 67.3 Å². The molecule has 0 spiro atoms. The number of nitrogens with zero attached hydrogens (tertiary/aromatic N) is 3. The van der Waals surface area contributed by atoms with Crippen molar-refractivity contribution in [1.82, 2.24) is 51.3 Å². The average Bonchev–Trinajstić information content (AvgIpc) is 4.15. The number of carbonyl (C=O) groups is 9. The van der Waals surface area contributed by atoms with E-state index in [-0.39, 0.29) is 64.5 Å². The van der Waals surface area contributed by atoms with E-state index in [0.717, 1.165) is 21.4 Å². The van der Waals surface area contributed by atoms with Crippen LogP contribution < -0.4 is 37.1 Å². The van der Waals surface area contributed by atoms with Gasteiger partial charge in [-0.25, -0.2) is 4.98 Å². The summed E-state index contributed by atoms with van der Waals surface area (Å²) in [6.45, 7) is 3.20. The second-order valence-electron chi connectivity index (χ2n) is 18.2. The highest BCUT2D eigenvalue weighted by Gasteiger charge is 2.44. The molecule has 2 saturated heterocycles. The molecule has 4 aromatic rings. The molecule has 22 nitrogen and oxygen atoms in total. The van der Waals surface area contributed by atoms with Crippen molar-refractivity contribution < 1.29 is 53.0 Å². The number of nitrogens with two attached hydrogens (primary N) is 1. The molecule has 386 valence electrons. The van der Waals surface area contributed by atoms with Crippen molar-refractivity contribution in [1.29, 1.82) is 0 Å². The number of hydrogen-bond acceptors (Lipinski definition) is 11. The highest BCUT2D eigenvalue weighted by Crippen LogP contribution is 2.24. The Morgan fingerprint density at radius 3 is 2.26 bits per heavy atom. The molecule has 2 aliphatic heterocycles. The number of carboxylic acid groups (broad SMARTS) is 1. The fraction of sp³-hybridized carbons (Fsp3) is 0.480. The zero-order valence-corrected chi connectivity index (χ0v) is 40.7. The molecule has 2 fully saturated rings.